The molecule has 0 unspecified atom stereocenters. The van der Waals surface area contributed by atoms with E-state index >= 15 is 0 Å². The van der Waals surface area contributed by atoms with E-state index in [0.29, 0.717) is 5.75 Å². The Morgan fingerprint density at radius 1 is 0.941 bits per heavy atom. The third-order valence-electron chi connectivity index (χ3n) is 2.63. The normalized spacial score (nSPS) is 10.8. The molecule has 2 rings (SSSR count). The first-order valence-electron chi connectivity index (χ1n) is 5.68. The van der Waals surface area contributed by atoms with Gasteiger partial charge in [-0.1, -0.05) is 30.3 Å². The number of phenols is 1. The van der Waals surface area contributed by atoms with Gasteiger partial charge in [0.15, 0.2) is 0 Å². The summed E-state index contributed by atoms with van der Waals surface area (Å²) < 4.78 is 0. The molecule has 0 atom stereocenters. The minimum Gasteiger partial charge on any atom is -0.508 e. The highest BCUT2D eigenvalue weighted by atomic mass is 16.3. The maximum absolute atomic E-state index is 9.27. The van der Waals surface area contributed by atoms with Gasteiger partial charge >= 0.3 is 0 Å². The highest BCUT2D eigenvalue weighted by Gasteiger charge is 2.00. The second-order valence-corrected chi connectivity index (χ2v) is 4.49. The Morgan fingerprint density at radius 3 is 2.29 bits per heavy atom. The zero-order valence-corrected chi connectivity index (χ0v) is 10.2. The molecule has 1 N–H and O–H groups in total. The number of phenolic OH excluding ortho intramolecular Hbond substituents is 1. The summed E-state index contributed by atoms with van der Waals surface area (Å²) in [5, 5.41) is 9.27. The molecule has 0 fully saturated rings. The first-order valence-corrected chi connectivity index (χ1v) is 5.68. The van der Waals surface area contributed by atoms with E-state index in [1.54, 1.807) is 12.1 Å². The Bertz CT molecular complexity index is 489. The molecule has 0 aliphatic carbocycles. The summed E-state index contributed by atoms with van der Waals surface area (Å²) in [5.41, 5.74) is 3.60. The molecule has 2 heteroatoms. The predicted octanol–water partition coefficient (Wildman–Crippen LogP) is 3.12. The molecule has 2 aromatic rings. The Kier molecular flexibility index (Phi) is 3.45. The van der Waals surface area contributed by atoms with Crippen molar-refractivity contribution in [3.63, 3.8) is 0 Å². The van der Waals surface area contributed by atoms with Crippen LogP contribution in [0.3, 0.4) is 0 Å². The molecule has 0 amide bonds. The predicted molar refractivity (Wildman–Crippen MR) is 70.9 cm³/mol. The van der Waals surface area contributed by atoms with Crippen LogP contribution in [-0.2, 0) is 6.54 Å². The lowest BCUT2D eigenvalue weighted by Gasteiger charge is -2.11. The lowest BCUT2D eigenvalue weighted by molar-refractivity contribution is 0.402. The van der Waals surface area contributed by atoms with Crippen LogP contribution in [0.1, 0.15) is 5.56 Å². The van der Waals surface area contributed by atoms with Gasteiger partial charge in [0, 0.05) is 6.54 Å². The van der Waals surface area contributed by atoms with Gasteiger partial charge in [-0.3, -0.25) is 0 Å². The van der Waals surface area contributed by atoms with Crippen LogP contribution in [0.5, 0.6) is 5.75 Å². The van der Waals surface area contributed by atoms with E-state index in [9.17, 15) is 5.11 Å². The van der Waals surface area contributed by atoms with Gasteiger partial charge in [0.2, 0.25) is 0 Å². The van der Waals surface area contributed by atoms with Gasteiger partial charge in [0.1, 0.15) is 5.75 Å². The summed E-state index contributed by atoms with van der Waals surface area (Å²) in [6, 6.07) is 15.8. The summed E-state index contributed by atoms with van der Waals surface area (Å²) in [6.45, 7) is 0.936. The fraction of sp³-hybridized carbons (Fsp3) is 0.200. The summed E-state index contributed by atoms with van der Waals surface area (Å²) in [7, 11) is 4.13. The third-order valence-corrected chi connectivity index (χ3v) is 2.63. The highest BCUT2D eigenvalue weighted by Crippen LogP contribution is 2.22. The van der Waals surface area contributed by atoms with E-state index in [0.717, 1.165) is 12.1 Å². The second-order valence-electron chi connectivity index (χ2n) is 4.49. The fourth-order valence-corrected chi connectivity index (χ4v) is 1.87. The monoisotopic (exact) mass is 227 g/mol. The van der Waals surface area contributed by atoms with Crippen LogP contribution in [-0.4, -0.2) is 24.1 Å². The van der Waals surface area contributed by atoms with Crippen LogP contribution < -0.4 is 0 Å². The van der Waals surface area contributed by atoms with E-state index in [4.69, 9.17) is 0 Å². The molecule has 0 aliphatic rings. The fourth-order valence-electron chi connectivity index (χ4n) is 1.87. The summed E-state index contributed by atoms with van der Waals surface area (Å²) in [6.07, 6.45) is 0. The molecular formula is C15H17NO. The van der Waals surface area contributed by atoms with E-state index in [1.807, 2.05) is 12.1 Å². The number of hydrogen-bond acceptors (Lipinski definition) is 2. The van der Waals surface area contributed by atoms with Crippen molar-refractivity contribution in [2.75, 3.05) is 14.1 Å². The number of rotatable bonds is 3. The highest BCUT2D eigenvalue weighted by molar-refractivity contribution is 5.64. The van der Waals surface area contributed by atoms with Crippen molar-refractivity contribution in [3.05, 3.63) is 54.1 Å². The van der Waals surface area contributed by atoms with Crippen molar-refractivity contribution < 1.29 is 5.11 Å². The molecule has 0 radical (unpaired) electrons. The molecule has 0 bridgehead atoms. The van der Waals surface area contributed by atoms with Gasteiger partial charge in [0.25, 0.3) is 0 Å². The van der Waals surface area contributed by atoms with Crippen molar-refractivity contribution >= 4 is 0 Å². The van der Waals surface area contributed by atoms with Gasteiger partial charge < -0.3 is 10.0 Å². The zero-order valence-electron chi connectivity index (χ0n) is 10.2. The molecule has 88 valence electrons. The van der Waals surface area contributed by atoms with Crippen molar-refractivity contribution in [2.24, 2.45) is 0 Å². The summed E-state index contributed by atoms with van der Waals surface area (Å²) in [4.78, 5) is 2.15. The number of hydrogen-bond donors (Lipinski definition) is 1. The van der Waals surface area contributed by atoms with E-state index in [1.165, 1.54) is 11.1 Å². The average Bonchev–Trinajstić information content (AvgIpc) is 2.29. The number of benzene rings is 2. The van der Waals surface area contributed by atoms with E-state index < -0.39 is 0 Å². The first-order chi connectivity index (χ1) is 8.15. The first kappa shape index (κ1) is 11.7. The Balaban J connectivity index is 2.29. The van der Waals surface area contributed by atoms with Crippen LogP contribution in [0.25, 0.3) is 11.1 Å². The van der Waals surface area contributed by atoms with Crippen molar-refractivity contribution in [3.8, 4) is 16.9 Å². The topological polar surface area (TPSA) is 23.5 Å². The van der Waals surface area contributed by atoms with Crippen molar-refractivity contribution in [1.82, 2.24) is 4.90 Å². The summed E-state index contributed by atoms with van der Waals surface area (Å²) in [5.74, 6) is 0.304. The number of nitrogens with zero attached hydrogens (tertiary/aromatic N) is 1. The lowest BCUT2D eigenvalue weighted by atomic mass is 10.0. The third kappa shape index (κ3) is 3.08. The van der Waals surface area contributed by atoms with Gasteiger partial charge in [-0.2, -0.15) is 0 Å². The van der Waals surface area contributed by atoms with Crippen molar-refractivity contribution in [1.29, 1.82) is 0 Å². The minimum atomic E-state index is 0.304. The smallest absolute Gasteiger partial charge is 0.115 e. The van der Waals surface area contributed by atoms with Gasteiger partial charge in [-0.25, -0.2) is 0 Å². The maximum Gasteiger partial charge on any atom is 0.115 e. The quantitative estimate of drug-likeness (QED) is 0.870. The van der Waals surface area contributed by atoms with Gasteiger partial charge in [-0.05, 0) is 49.0 Å². The van der Waals surface area contributed by atoms with Crippen LogP contribution in [0.2, 0.25) is 0 Å². The molecule has 0 aliphatic heterocycles. The van der Waals surface area contributed by atoms with Crippen LogP contribution >= 0.6 is 0 Å². The lowest BCUT2D eigenvalue weighted by Crippen LogP contribution is -2.10. The standard InChI is InChI=1S/C15H17NO/c1-16(2)11-12-4-3-5-14(10-12)13-6-8-15(17)9-7-13/h3-10,17H,11H2,1-2H3. The molecule has 2 aromatic carbocycles. The van der Waals surface area contributed by atoms with Crippen molar-refractivity contribution in [2.45, 2.75) is 6.54 Å². The minimum absolute atomic E-state index is 0.304. The van der Waals surface area contributed by atoms with Gasteiger partial charge in [-0.15, -0.1) is 0 Å². The average molecular weight is 227 g/mol. The largest absolute Gasteiger partial charge is 0.508 e. The molecule has 17 heavy (non-hydrogen) atoms. The summed E-state index contributed by atoms with van der Waals surface area (Å²) >= 11 is 0. The molecular weight excluding hydrogens is 210 g/mol. The Hall–Kier alpha value is -1.80. The maximum atomic E-state index is 9.27. The number of aromatic hydroxyl groups is 1. The van der Waals surface area contributed by atoms with Crippen LogP contribution in [0.15, 0.2) is 48.5 Å². The SMILES string of the molecule is CN(C)Cc1cccc(-c2ccc(O)cc2)c1. The molecule has 0 saturated carbocycles. The molecule has 2 nitrogen and oxygen atoms in total. The molecule has 0 spiro atoms. The Labute approximate surface area is 102 Å². The van der Waals surface area contributed by atoms with Crippen LogP contribution in [0.4, 0.5) is 0 Å². The zero-order chi connectivity index (χ0) is 12.3. The molecule has 0 heterocycles. The Morgan fingerprint density at radius 2 is 1.65 bits per heavy atom. The van der Waals surface area contributed by atoms with Gasteiger partial charge in [0.05, 0.1) is 0 Å². The van der Waals surface area contributed by atoms with Crippen LogP contribution in [0, 0.1) is 0 Å². The van der Waals surface area contributed by atoms with E-state index in [2.05, 4.69) is 43.3 Å². The molecule has 0 aromatic heterocycles. The van der Waals surface area contributed by atoms with E-state index in [-0.39, 0.29) is 0 Å². The second kappa shape index (κ2) is 5.02. The molecule has 0 saturated heterocycles.